The Kier molecular flexibility index (Phi) is 5.92. The maximum absolute atomic E-state index is 6.93. The minimum absolute atomic E-state index is 0.133. The van der Waals surface area contributed by atoms with Crippen LogP contribution >= 0.6 is 0 Å². The van der Waals surface area contributed by atoms with Crippen LogP contribution in [0.15, 0.2) is 162 Å². The molecule has 0 radical (unpaired) electrons. The van der Waals surface area contributed by atoms with Gasteiger partial charge >= 0.3 is 0 Å². The molecule has 3 nitrogen and oxygen atoms in total. The summed E-state index contributed by atoms with van der Waals surface area (Å²) in [6.45, 7) is 4.68. The maximum atomic E-state index is 6.93. The lowest BCUT2D eigenvalue weighted by Crippen LogP contribution is -2.16. The minimum atomic E-state index is -0.133. The lowest BCUT2D eigenvalue weighted by molar-refractivity contribution is 0.660. The van der Waals surface area contributed by atoms with Crippen molar-refractivity contribution in [1.82, 2.24) is 4.98 Å². The molecule has 0 unspecified atom stereocenters. The Hall–Kier alpha value is -6.19. The van der Waals surface area contributed by atoms with Crippen molar-refractivity contribution in [2.45, 2.75) is 19.3 Å². The molecule has 9 aromatic rings. The molecule has 0 N–H and O–H groups in total. The normalized spacial score (nSPS) is 13.3. The Balaban J connectivity index is 1.35. The van der Waals surface area contributed by atoms with Gasteiger partial charge in [-0.3, -0.25) is 0 Å². The van der Waals surface area contributed by atoms with Gasteiger partial charge in [-0.25, -0.2) is 4.98 Å². The first kappa shape index (κ1) is 27.9. The van der Waals surface area contributed by atoms with E-state index in [4.69, 9.17) is 9.40 Å². The molecule has 0 saturated heterocycles. The molecule has 3 heteroatoms. The van der Waals surface area contributed by atoms with Gasteiger partial charge < -0.3 is 9.32 Å². The fraction of sp³-hybridized carbons (Fsp3) is 0.0652. The number of furan rings is 1. The number of aromatic nitrogens is 1. The first-order chi connectivity index (χ1) is 24.1. The summed E-state index contributed by atoms with van der Waals surface area (Å²) in [4.78, 5) is 7.70. The molecule has 0 amide bonds. The van der Waals surface area contributed by atoms with Crippen LogP contribution in [0.4, 0.5) is 17.1 Å². The zero-order valence-electron chi connectivity index (χ0n) is 27.3. The van der Waals surface area contributed by atoms with E-state index in [9.17, 15) is 0 Å². The third-order valence-corrected chi connectivity index (χ3v) is 10.4. The van der Waals surface area contributed by atoms with Gasteiger partial charge in [-0.05, 0) is 64.7 Å². The Morgan fingerprint density at radius 3 is 2.04 bits per heavy atom. The Bertz CT molecular complexity index is 2740. The molecule has 0 spiro atoms. The quantitative estimate of drug-likeness (QED) is 0.182. The van der Waals surface area contributed by atoms with E-state index in [-0.39, 0.29) is 5.41 Å². The smallest absolute Gasteiger partial charge is 0.160 e. The number of rotatable bonds is 4. The van der Waals surface area contributed by atoms with Crippen LogP contribution in [-0.2, 0) is 5.41 Å². The highest BCUT2D eigenvalue weighted by Crippen LogP contribution is 2.52. The fourth-order valence-corrected chi connectivity index (χ4v) is 8.13. The van der Waals surface area contributed by atoms with Crippen molar-refractivity contribution in [2.24, 2.45) is 0 Å². The molecule has 0 saturated carbocycles. The van der Waals surface area contributed by atoms with Gasteiger partial charge in [0.15, 0.2) is 5.58 Å². The van der Waals surface area contributed by atoms with Gasteiger partial charge in [0.1, 0.15) is 5.58 Å². The SMILES string of the molecule is CC1(C)c2ccccc2-c2ccc(N(c3ccccc3)c3cc4c(-c5ccccc5)nc5ccccc5c4c4c3oc3ccccc34)cc21. The second-order valence-electron chi connectivity index (χ2n) is 13.5. The fourth-order valence-electron chi connectivity index (χ4n) is 8.13. The van der Waals surface area contributed by atoms with E-state index < -0.39 is 0 Å². The monoisotopic (exact) mass is 628 g/mol. The van der Waals surface area contributed by atoms with Crippen molar-refractivity contribution < 1.29 is 4.42 Å². The summed E-state index contributed by atoms with van der Waals surface area (Å²) in [5.74, 6) is 0. The number of anilines is 3. The number of pyridine rings is 1. The first-order valence-corrected chi connectivity index (χ1v) is 16.9. The molecule has 2 heterocycles. The zero-order valence-corrected chi connectivity index (χ0v) is 27.3. The molecule has 1 aliphatic carbocycles. The van der Waals surface area contributed by atoms with Crippen molar-refractivity contribution in [2.75, 3.05) is 4.90 Å². The Morgan fingerprint density at radius 2 is 1.20 bits per heavy atom. The third-order valence-electron chi connectivity index (χ3n) is 10.4. The van der Waals surface area contributed by atoms with Crippen molar-refractivity contribution >= 4 is 60.7 Å². The van der Waals surface area contributed by atoms with Gasteiger partial charge in [-0.15, -0.1) is 0 Å². The molecule has 0 atom stereocenters. The standard InChI is InChI=1S/C46H32N2O/c1-46(2)37-22-12-9-19-32(37)33-26-25-31(27-38(33)46)48(30-17-7-4-8-18-30)40-28-36-42(43-35-21-11-14-24-41(35)49-45(40)43)34-20-10-13-23-39(34)47-44(36)29-15-5-3-6-16-29/h3-28H,1-2H3. The van der Waals surface area contributed by atoms with Crippen LogP contribution < -0.4 is 4.90 Å². The topological polar surface area (TPSA) is 29.3 Å². The van der Waals surface area contributed by atoms with Crippen LogP contribution in [0.5, 0.6) is 0 Å². The lowest BCUT2D eigenvalue weighted by Gasteiger charge is -2.28. The summed E-state index contributed by atoms with van der Waals surface area (Å²) in [5, 5.41) is 5.57. The predicted octanol–water partition coefficient (Wildman–Crippen LogP) is 12.7. The molecular formula is C46H32N2O. The van der Waals surface area contributed by atoms with Crippen LogP contribution in [0.1, 0.15) is 25.0 Å². The highest BCUT2D eigenvalue weighted by Gasteiger charge is 2.36. The largest absolute Gasteiger partial charge is 0.454 e. The summed E-state index contributed by atoms with van der Waals surface area (Å²) in [7, 11) is 0. The Labute approximate surface area is 284 Å². The molecule has 10 rings (SSSR count). The van der Waals surface area contributed by atoms with Crippen LogP contribution in [0.3, 0.4) is 0 Å². The number of fused-ring (bicyclic) bond motifs is 10. The summed E-state index contributed by atoms with van der Waals surface area (Å²) in [5.41, 5.74) is 13.0. The Morgan fingerprint density at radius 1 is 0.531 bits per heavy atom. The van der Waals surface area contributed by atoms with Gasteiger partial charge in [-0.2, -0.15) is 0 Å². The number of para-hydroxylation sites is 3. The van der Waals surface area contributed by atoms with E-state index >= 15 is 0 Å². The first-order valence-electron chi connectivity index (χ1n) is 16.9. The van der Waals surface area contributed by atoms with Crippen molar-refractivity contribution in [3.8, 4) is 22.4 Å². The van der Waals surface area contributed by atoms with Crippen molar-refractivity contribution in [1.29, 1.82) is 0 Å². The average molecular weight is 629 g/mol. The molecule has 7 aromatic carbocycles. The molecule has 232 valence electrons. The number of benzene rings is 7. The van der Waals surface area contributed by atoms with Gasteiger partial charge in [0.2, 0.25) is 0 Å². The highest BCUT2D eigenvalue weighted by atomic mass is 16.3. The number of hydrogen-bond acceptors (Lipinski definition) is 3. The number of nitrogens with zero attached hydrogens (tertiary/aromatic N) is 2. The maximum Gasteiger partial charge on any atom is 0.160 e. The lowest BCUT2D eigenvalue weighted by atomic mass is 9.82. The van der Waals surface area contributed by atoms with E-state index in [1.54, 1.807) is 0 Å². The van der Waals surface area contributed by atoms with Crippen LogP contribution in [0.25, 0.3) is 66.0 Å². The van der Waals surface area contributed by atoms with Crippen LogP contribution in [0.2, 0.25) is 0 Å². The third kappa shape index (κ3) is 4.06. The molecule has 49 heavy (non-hydrogen) atoms. The average Bonchev–Trinajstić information content (AvgIpc) is 3.65. The molecule has 0 bridgehead atoms. The zero-order chi connectivity index (χ0) is 32.7. The summed E-state index contributed by atoms with van der Waals surface area (Å²) in [6.07, 6.45) is 0. The van der Waals surface area contributed by atoms with Crippen molar-refractivity contribution in [3.05, 3.63) is 169 Å². The summed E-state index contributed by atoms with van der Waals surface area (Å²) < 4.78 is 6.93. The van der Waals surface area contributed by atoms with Gasteiger partial charge in [0.25, 0.3) is 0 Å². The van der Waals surface area contributed by atoms with E-state index in [1.807, 2.05) is 0 Å². The van der Waals surface area contributed by atoms with Crippen LogP contribution in [0, 0.1) is 0 Å². The molecule has 1 aliphatic rings. The highest BCUT2D eigenvalue weighted by molar-refractivity contribution is 6.30. The van der Waals surface area contributed by atoms with E-state index in [0.29, 0.717) is 0 Å². The molecule has 0 fully saturated rings. The van der Waals surface area contributed by atoms with Crippen molar-refractivity contribution in [3.63, 3.8) is 0 Å². The van der Waals surface area contributed by atoms with E-state index in [1.165, 1.54) is 22.3 Å². The van der Waals surface area contributed by atoms with Gasteiger partial charge in [-0.1, -0.05) is 129 Å². The van der Waals surface area contributed by atoms with E-state index in [2.05, 4.69) is 176 Å². The second-order valence-corrected chi connectivity index (χ2v) is 13.5. The minimum Gasteiger partial charge on any atom is -0.454 e. The van der Waals surface area contributed by atoms with Gasteiger partial charge in [0.05, 0.1) is 16.9 Å². The summed E-state index contributed by atoms with van der Waals surface area (Å²) >= 11 is 0. The predicted molar refractivity (Wildman–Crippen MR) is 204 cm³/mol. The molecule has 0 aliphatic heterocycles. The summed E-state index contributed by atoms with van der Waals surface area (Å²) in [6, 6.07) is 56.2. The molecular weight excluding hydrogens is 597 g/mol. The van der Waals surface area contributed by atoms with Crippen LogP contribution in [-0.4, -0.2) is 4.98 Å². The second kappa shape index (κ2) is 10.4. The van der Waals surface area contributed by atoms with E-state index in [0.717, 1.165) is 71.9 Å². The van der Waals surface area contributed by atoms with Gasteiger partial charge in [0, 0.05) is 49.3 Å². The molecule has 2 aromatic heterocycles. The number of hydrogen-bond donors (Lipinski definition) is 0.